The zero-order valence-corrected chi connectivity index (χ0v) is 9.27. The van der Waals surface area contributed by atoms with Gasteiger partial charge in [0.15, 0.2) is 0 Å². The molecule has 0 bridgehead atoms. The molecule has 5 nitrogen and oxygen atoms in total. The number of likely N-dealkylation sites (N-methyl/N-ethyl adjacent to an activating group) is 1. The second-order valence-corrected chi connectivity index (χ2v) is 3.90. The predicted molar refractivity (Wildman–Crippen MR) is 62.0 cm³/mol. The van der Waals surface area contributed by atoms with Crippen molar-refractivity contribution in [3.63, 3.8) is 0 Å². The number of aromatic nitrogens is 1. The molecule has 1 aromatic rings. The molecule has 0 aliphatic carbocycles. The number of nitrogens with zero attached hydrogens (tertiary/aromatic N) is 2. The van der Waals surface area contributed by atoms with Crippen molar-refractivity contribution in [2.45, 2.75) is 12.5 Å². The standard InChI is InChI=1S/C10H19N5/c1-15(2)7-9(14-12)5-8-6-13-4-3-10(8)11/h3-4,6,9,14H,5,7,12H2,1-2H3,(H2,11,13). The van der Waals surface area contributed by atoms with Crippen LogP contribution in [0, 0.1) is 0 Å². The number of hydrogen-bond donors (Lipinski definition) is 3. The Morgan fingerprint density at radius 3 is 2.80 bits per heavy atom. The summed E-state index contributed by atoms with van der Waals surface area (Å²) in [6.45, 7) is 0.866. The highest BCUT2D eigenvalue weighted by atomic mass is 15.3. The summed E-state index contributed by atoms with van der Waals surface area (Å²) in [5.74, 6) is 5.48. The number of nitrogens with one attached hydrogen (secondary N) is 1. The predicted octanol–water partition coefficient (Wildman–Crippen LogP) is -0.400. The van der Waals surface area contributed by atoms with E-state index in [1.165, 1.54) is 0 Å². The molecule has 1 unspecified atom stereocenters. The number of hydrogen-bond acceptors (Lipinski definition) is 5. The summed E-state index contributed by atoms with van der Waals surface area (Å²) in [6.07, 6.45) is 4.26. The van der Waals surface area contributed by atoms with Gasteiger partial charge in [0.05, 0.1) is 0 Å². The summed E-state index contributed by atoms with van der Waals surface area (Å²) < 4.78 is 0. The van der Waals surface area contributed by atoms with Crippen LogP contribution in [0.15, 0.2) is 18.5 Å². The Kier molecular flexibility index (Phi) is 4.48. The highest BCUT2D eigenvalue weighted by Gasteiger charge is 2.10. The fourth-order valence-electron chi connectivity index (χ4n) is 1.49. The van der Waals surface area contributed by atoms with Crippen molar-refractivity contribution in [1.29, 1.82) is 0 Å². The highest BCUT2D eigenvalue weighted by molar-refractivity contribution is 5.44. The summed E-state index contributed by atoms with van der Waals surface area (Å²) >= 11 is 0. The van der Waals surface area contributed by atoms with Crippen LogP contribution in [0.5, 0.6) is 0 Å². The molecule has 0 amide bonds. The van der Waals surface area contributed by atoms with Crippen LogP contribution >= 0.6 is 0 Å². The summed E-state index contributed by atoms with van der Waals surface area (Å²) in [4.78, 5) is 6.13. The molecule has 0 aliphatic rings. The molecular formula is C10H19N5. The van der Waals surface area contributed by atoms with E-state index in [1.54, 1.807) is 18.5 Å². The molecule has 0 aromatic carbocycles. The summed E-state index contributed by atoms with van der Waals surface area (Å²) in [5.41, 5.74) is 10.4. The van der Waals surface area contributed by atoms with Crippen LogP contribution in [-0.4, -0.2) is 36.6 Å². The third-order valence-corrected chi connectivity index (χ3v) is 2.23. The maximum Gasteiger partial charge on any atom is 0.0379 e. The number of rotatable bonds is 5. The van der Waals surface area contributed by atoms with Crippen molar-refractivity contribution in [2.75, 3.05) is 26.4 Å². The second kappa shape index (κ2) is 5.65. The van der Waals surface area contributed by atoms with E-state index in [0.717, 1.165) is 24.2 Å². The fourth-order valence-corrected chi connectivity index (χ4v) is 1.49. The SMILES string of the molecule is CN(C)CC(Cc1cnccc1N)NN. The average Bonchev–Trinajstić information content (AvgIpc) is 2.19. The van der Waals surface area contributed by atoms with Gasteiger partial charge >= 0.3 is 0 Å². The van der Waals surface area contributed by atoms with Crippen LogP contribution in [0.2, 0.25) is 0 Å². The van der Waals surface area contributed by atoms with Gasteiger partial charge in [-0.1, -0.05) is 0 Å². The first-order valence-electron chi connectivity index (χ1n) is 4.92. The van der Waals surface area contributed by atoms with Crippen molar-refractivity contribution < 1.29 is 0 Å². The number of nitrogen functional groups attached to an aromatic ring is 1. The second-order valence-electron chi connectivity index (χ2n) is 3.90. The van der Waals surface area contributed by atoms with E-state index >= 15 is 0 Å². The van der Waals surface area contributed by atoms with Crippen LogP contribution in [0.4, 0.5) is 5.69 Å². The monoisotopic (exact) mass is 209 g/mol. The largest absolute Gasteiger partial charge is 0.398 e. The van der Waals surface area contributed by atoms with E-state index in [0.29, 0.717) is 0 Å². The molecule has 0 saturated carbocycles. The van der Waals surface area contributed by atoms with E-state index in [2.05, 4.69) is 15.3 Å². The third kappa shape index (κ3) is 3.83. The zero-order valence-electron chi connectivity index (χ0n) is 9.27. The van der Waals surface area contributed by atoms with Crippen LogP contribution in [0.3, 0.4) is 0 Å². The van der Waals surface area contributed by atoms with Crippen molar-refractivity contribution in [3.05, 3.63) is 24.0 Å². The topological polar surface area (TPSA) is 80.2 Å². The van der Waals surface area contributed by atoms with Gasteiger partial charge in [-0.3, -0.25) is 16.3 Å². The quantitative estimate of drug-likeness (QED) is 0.454. The summed E-state index contributed by atoms with van der Waals surface area (Å²) in [7, 11) is 4.02. The van der Waals surface area contributed by atoms with Gasteiger partial charge in [-0.15, -0.1) is 0 Å². The number of anilines is 1. The zero-order chi connectivity index (χ0) is 11.3. The lowest BCUT2D eigenvalue weighted by molar-refractivity contribution is 0.338. The lowest BCUT2D eigenvalue weighted by Crippen LogP contribution is -2.43. The molecule has 1 aromatic heterocycles. The molecular weight excluding hydrogens is 190 g/mol. The first-order chi connectivity index (χ1) is 7.13. The van der Waals surface area contributed by atoms with Crippen LogP contribution in [0.1, 0.15) is 5.56 Å². The van der Waals surface area contributed by atoms with Gasteiger partial charge < -0.3 is 10.6 Å². The summed E-state index contributed by atoms with van der Waals surface area (Å²) in [5, 5.41) is 0. The van der Waals surface area contributed by atoms with Crippen molar-refractivity contribution in [1.82, 2.24) is 15.3 Å². The molecule has 84 valence electrons. The molecule has 0 radical (unpaired) electrons. The Bertz CT molecular complexity index is 300. The van der Waals surface area contributed by atoms with E-state index < -0.39 is 0 Å². The molecule has 0 spiro atoms. The highest BCUT2D eigenvalue weighted by Crippen LogP contribution is 2.11. The normalized spacial score (nSPS) is 13.1. The third-order valence-electron chi connectivity index (χ3n) is 2.23. The molecule has 0 saturated heterocycles. The maximum atomic E-state index is 5.83. The van der Waals surface area contributed by atoms with Crippen molar-refractivity contribution >= 4 is 5.69 Å². The first-order valence-corrected chi connectivity index (χ1v) is 4.92. The number of pyridine rings is 1. The van der Waals surface area contributed by atoms with Crippen molar-refractivity contribution in [2.24, 2.45) is 5.84 Å². The number of hydrazine groups is 1. The Morgan fingerprint density at radius 1 is 1.53 bits per heavy atom. The Hall–Kier alpha value is -1.17. The van der Waals surface area contributed by atoms with Gasteiger partial charge in [-0.05, 0) is 32.1 Å². The van der Waals surface area contributed by atoms with Gasteiger partial charge in [0.25, 0.3) is 0 Å². The Morgan fingerprint density at radius 2 is 2.27 bits per heavy atom. The van der Waals surface area contributed by atoms with Crippen LogP contribution in [-0.2, 0) is 6.42 Å². The van der Waals surface area contributed by atoms with Gasteiger partial charge in [0, 0.05) is 30.7 Å². The summed E-state index contributed by atoms with van der Waals surface area (Å²) in [6, 6.07) is 1.99. The van der Waals surface area contributed by atoms with Crippen molar-refractivity contribution in [3.8, 4) is 0 Å². The molecule has 5 N–H and O–H groups in total. The van der Waals surface area contributed by atoms with Gasteiger partial charge in [0.1, 0.15) is 0 Å². The Balaban J connectivity index is 2.62. The molecule has 5 heteroatoms. The van der Waals surface area contributed by atoms with Crippen LogP contribution in [0.25, 0.3) is 0 Å². The molecule has 15 heavy (non-hydrogen) atoms. The fraction of sp³-hybridized carbons (Fsp3) is 0.500. The number of nitrogens with two attached hydrogens (primary N) is 2. The lowest BCUT2D eigenvalue weighted by atomic mass is 10.1. The molecule has 1 rings (SSSR count). The average molecular weight is 209 g/mol. The minimum Gasteiger partial charge on any atom is -0.398 e. The van der Waals surface area contributed by atoms with E-state index in [1.807, 2.05) is 14.1 Å². The maximum absolute atomic E-state index is 5.83. The lowest BCUT2D eigenvalue weighted by Gasteiger charge is -2.20. The Labute approximate surface area is 90.4 Å². The molecule has 0 fully saturated rings. The van der Waals surface area contributed by atoms with Gasteiger partial charge in [-0.2, -0.15) is 0 Å². The molecule has 1 heterocycles. The van der Waals surface area contributed by atoms with Crippen LogP contribution < -0.4 is 17.0 Å². The van der Waals surface area contributed by atoms with E-state index in [9.17, 15) is 0 Å². The van der Waals surface area contributed by atoms with Gasteiger partial charge in [-0.25, -0.2) is 0 Å². The minimum absolute atomic E-state index is 0.187. The van der Waals surface area contributed by atoms with E-state index in [-0.39, 0.29) is 6.04 Å². The molecule has 1 atom stereocenters. The van der Waals surface area contributed by atoms with E-state index in [4.69, 9.17) is 11.6 Å². The molecule has 0 aliphatic heterocycles. The first kappa shape index (κ1) is 11.9. The minimum atomic E-state index is 0.187. The van der Waals surface area contributed by atoms with Gasteiger partial charge in [0.2, 0.25) is 0 Å². The smallest absolute Gasteiger partial charge is 0.0379 e.